The maximum absolute atomic E-state index is 9.01. The third-order valence-corrected chi connectivity index (χ3v) is 2.83. The van der Waals surface area contributed by atoms with Gasteiger partial charge in [0.1, 0.15) is 0 Å². The van der Waals surface area contributed by atoms with E-state index >= 15 is 0 Å². The third-order valence-electron chi connectivity index (χ3n) is 2.83. The number of fused-ring (bicyclic) bond motifs is 1. The minimum absolute atomic E-state index is 0.218. The minimum atomic E-state index is 0.218. The highest BCUT2D eigenvalue weighted by Gasteiger charge is 2.06. The first-order chi connectivity index (χ1) is 7.26. The first kappa shape index (κ1) is 10.2. The van der Waals surface area contributed by atoms with Crippen molar-refractivity contribution in [3.63, 3.8) is 0 Å². The Morgan fingerprint density at radius 1 is 1.27 bits per heavy atom. The zero-order chi connectivity index (χ0) is 10.8. The van der Waals surface area contributed by atoms with Crippen LogP contribution in [0.5, 0.6) is 0 Å². The van der Waals surface area contributed by atoms with E-state index < -0.39 is 0 Å². The van der Waals surface area contributed by atoms with E-state index in [2.05, 4.69) is 42.7 Å². The van der Waals surface area contributed by atoms with Crippen molar-refractivity contribution in [1.82, 2.24) is 4.57 Å². The monoisotopic (exact) mass is 203 g/mol. The van der Waals surface area contributed by atoms with Crippen LogP contribution >= 0.6 is 0 Å². The lowest BCUT2D eigenvalue weighted by atomic mass is 10.2. The largest absolute Gasteiger partial charge is 0.396 e. The molecule has 2 aromatic rings. The van der Waals surface area contributed by atoms with Crippen LogP contribution < -0.4 is 0 Å². The molecule has 0 aliphatic carbocycles. The number of rotatable bonds is 3. The number of aliphatic hydroxyl groups excluding tert-OH is 1. The standard InChI is InChI=1S/C13H17NO/c1-3-14-12(6-7-15)9-11-8-10(2)4-5-13(11)14/h4-5,8-9,15H,3,6-7H2,1-2H3. The summed E-state index contributed by atoms with van der Waals surface area (Å²) in [7, 11) is 0. The molecular formula is C13H17NO. The quantitative estimate of drug-likeness (QED) is 0.814. The molecule has 1 aromatic heterocycles. The van der Waals surface area contributed by atoms with Crippen LogP contribution in [0.2, 0.25) is 0 Å². The van der Waals surface area contributed by atoms with Crippen LogP contribution in [-0.2, 0) is 13.0 Å². The maximum Gasteiger partial charge on any atom is 0.0485 e. The lowest BCUT2D eigenvalue weighted by Gasteiger charge is -2.06. The predicted molar refractivity (Wildman–Crippen MR) is 63.1 cm³/mol. The number of aromatic nitrogens is 1. The van der Waals surface area contributed by atoms with Crippen molar-refractivity contribution in [2.45, 2.75) is 26.8 Å². The lowest BCUT2D eigenvalue weighted by Crippen LogP contribution is -2.02. The summed E-state index contributed by atoms with van der Waals surface area (Å²) in [4.78, 5) is 0. The SMILES string of the molecule is CCn1c(CCO)cc2cc(C)ccc21. The second-order valence-corrected chi connectivity index (χ2v) is 3.92. The Morgan fingerprint density at radius 3 is 2.73 bits per heavy atom. The fourth-order valence-electron chi connectivity index (χ4n) is 2.14. The summed E-state index contributed by atoms with van der Waals surface area (Å²) in [6.45, 7) is 5.42. The fraction of sp³-hybridized carbons (Fsp3) is 0.385. The van der Waals surface area contributed by atoms with Gasteiger partial charge in [0.2, 0.25) is 0 Å². The van der Waals surface area contributed by atoms with Crippen LogP contribution in [0.1, 0.15) is 18.2 Å². The Bertz CT molecular complexity index is 471. The summed E-state index contributed by atoms with van der Waals surface area (Å²) < 4.78 is 2.27. The highest BCUT2D eigenvalue weighted by molar-refractivity contribution is 5.82. The molecule has 2 nitrogen and oxygen atoms in total. The van der Waals surface area contributed by atoms with Gasteiger partial charge in [-0.05, 0) is 32.0 Å². The van der Waals surface area contributed by atoms with Gasteiger partial charge in [-0.15, -0.1) is 0 Å². The number of hydrogen-bond acceptors (Lipinski definition) is 1. The van der Waals surface area contributed by atoms with Crippen molar-refractivity contribution in [3.05, 3.63) is 35.5 Å². The molecular weight excluding hydrogens is 186 g/mol. The van der Waals surface area contributed by atoms with Gasteiger partial charge in [0.15, 0.2) is 0 Å². The smallest absolute Gasteiger partial charge is 0.0485 e. The molecule has 0 radical (unpaired) electrons. The maximum atomic E-state index is 9.01. The molecule has 0 saturated carbocycles. The van der Waals surface area contributed by atoms with Crippen molar-refractivity contribution in [2.75, 3.05) is 6.61 Å². The molecule has 1 N–H and O–H groups in total. The molecule has 0 unspecified atom stereocenters. The van der Waals surface area contributed by atoms with Crippen molar-refractivity contribution >= 4 is 10.9 Å². The molecule has 15 heavy (non-hydrogen) atoms. The van der Waals surface area contributed by atoms with Crippen LogP contribution in [0, 0.1) is 6.92 Å². The molecule has 0 amide bonds. The number of aliphatic hydroxyl groups is 1. The average Bonchev–Trinajstić information content (AvgIpc) is 2.54. The molecule has 2 rings (SSSR count). The van der Waals surface area contributed by atoms with Gasteiger partial charge >= 0.3 is 0 Å². The van der Waals surface area contributed by atoms with Gasteiger partial charge in [-0.2, -0.15) is 0 Å². The molecule has 0 bridgehead atoms. The predicted octanol–water partition coefficient (Wildman–Crippen LogP) is 2.50. The summed E-state index contributed by atoms with van der Waals surface area (Å²) in [6, 6.07) is 8.68. The van der Waals surface area contributed by atoms with E-state index in [1.165, 1.54) is 22.2 Å². The topological polar surface area (TPSA) is 25.2 Å². The first-order valence-electron chi connectivity index (χ1n) is 5.46. The molecule has 0 aliphatic heterocycles. The van der Waals surface area contributed by atoms with Crippen molar-refractivity contribution in [1.29, 1.82) is 0 Å². The summed E-state index contributed by atoms with van der Waals surface area (Å²) in [6.07, 6.45) is 0.738. The molecule has 0 atom stereocenters. The Hall–Kier alpha value is -1.28. The van der Waals surface area contributed by atoms with Crippen LogP contribution in [0.15, 0.2) is 24.3 Å². The van der Waals surface area contributed by atoms with Crippen molar-refractivity contribution in [2.24, 2.45) is 0 Å². The Labute approximate surface area is 90.2 Å². The van der Waals surface area contributed by atoms with Gasteiger partial charge in [0.05, 0.1) is 0 Å². The number of aryl methyl sites for hydroxylation is 2. The van der Waals surface area contributed by atoms with Gasteiger partial charge < -0.3 is 9.67 Å². The summed E-state index contributed by atoms with van der Waals surface area (Å²) in [5.41, 5.74) is 3.78. The Morgan fingerprint density at radius 2 is 2.07 bits per heavy atom. The molecule has 1 aromatic carbocycles. The van der Waals surface area contributed by atoms with Crippen molar-refractivity contribution in [3.8, 4) is 0 Å². The zero-order valence-electron chi connectivity index (χ0n) is 9.33. The van der Waals surface area contributed by atoms with E-state index in [9.17, 15) is 0 Å². The normalized spacial score (nSPS) is 11.1. The van der Waals surface area contributed by atoms with E-state index in [-0.39, 0.29) is 6.61 Å². The van der Waals surface area contributed by atoms with Crippen molar-refractivity contribution < 1.29 is 5.11 Å². The zero-order valence-corrected chi connectivity index (χ0v) is 9.33. The van der Waals surface area contributed by atoms with E-state index in [4.69, 9.17) is 5.11 Å². The molecule has 0 saturated heterocycles. The van der Waals surface area contributed by atoms with Gasteiger partial charge in [-0.25, -0.2) is 0 Å². The summed E-state index contributed by atoms with van der Waals surface area (Å²) >= 11 is 0. The van der Waals surface area contributed by atoms with E-state index in [0.29, 0.717) is 0 Å². The fourth-order valence-corrected chi connectivity index (χ4v) is 2.14. The second kappa shape index (κ2) is 4.07. The van der Waals surface area contributed by atoms with E-state index in [1.807, 2.05) is 0 Å². The third kappa shape index (κ3) is 1.77. The van der Waals surface area contributed by atoms with Gasteiger partial charge in [0.25, 0.3) is 0 Å². The van der Waals surface area contributed by atoms with Crippen LogP contribution in [0.3, 0.4) is 0 Å². The summed E-state index contributed by atoms with van der Waals surface area (Å²) in [5.74, 6) is 0. The van der Waals surface area contributed by atoms with Crippen LogP contribution in [0.25, 0.3) is 10.9 Å². The minimum Gasteiger partial charge on any atom is -0.396 e. The first-order valence-corrected chi connectivity index (χ1v) is 5.46. The highest BCUT2D eigenvalue weighted by Crippen LogP contribution is 2.21. The Kier molecular flexibility index (Phi) is 2.78. The van der Waals surface area contributed by atoms with Gasteiger partial charge in [-0.1, -0.05) is 11.6 Å². The van der Waals surface area contributed by atoms with Gasteiger partial charge in [0, 0.05) is 36.2 Å². The number of benzene rings is 1. The number of nitrogens with zero attached hydrogens (tertiary/aromatic N) is 1. The highest BCUT2D eigenvalue weighted by atomic mass is 16.3. The Balaban J connectivity index is 2.62. The van der Waals surface area contributed by atoms with E-state index in [0.717, 1.165) is 13.0 Å². The molecule has 80 valence electrons. The average molecular weight is 203 g/mol. The van der Waals surface area contributed by atoms with Crippen LogP contribution in [-0.4, -0.2) is 16.3 Å². The van der Waals surface area contributed by atoms with Crippen LogP contribution in [0.4, 0.5) is 0 Å². The molecule has 1 heterocycles. The van der Waals surface area contributed by atoms with Gasteiger partial charge in [-0.3, -0.25) is 0 Å². The lowest BCUT2D eigenvalue weighted by molar-refractivity contribution is 0.296. The molecule has 2 heteroatoms. The molecule has 0 fully saturated rings. The summed E-state index contributed by atoms with van der Waals surface area (Å²) in [5, 5.41) is 10.3. The second-order valence-electron chi connectivity index (χ2n) is 3.92. The number of hydrogen-bond donors (Lipinski definition) is 1. The molecule has 0 aliphatic rings. The molecule has 0 spiro atoms. The van der Waals surface area contributed by atoms with E-state index in [1.54, 1.807) is 0 Å².